The van der Waals surface area contributed by atoms with Crippen molar-refractivity contribution in [2.45, 2.75) is 78.1 Å². The van der Waals surface area contributed by atoms with Crippen LogP contribution in [0.15, 0.2) is 48.8 Å². The van der Waals surface area contributed by atoms with Gasteiger partial charge < -0.3 is 20.4 Å². The summed E-state index contributed by atoms with van der Waals surface area (Å²) >= 11 is 0. The molecule has 6 nitrogen and oxygen atoms in total. The van der Waals surface area contributed by atoms with Crippen molar-refractivity contribution in [1.82, 2.24) is 30.4 Å². The molecule has 0 N–H and O–H groups in total. The van der Waals surface area contributed by atoms with Crippen molar-refractivity contribution in [3.8, 4) is 22.8 Å². The summed E-state index contributed by atoms with van der Waals surface area (Å²) in [6.45, 7) is 13.0. The van der Waals surface area contributed by atoms with Crippen molar-refractivity contribution in [3.05, 3.63) is 71.3 Å². The molecule has 5 rings (SSSR count). The van der Waals surface area contributed by atoms with Gasteiger partial charge in [-0.2, -0.15) is 0 Å². The quantitative estimate of drug-likeness (QED) is 0.279. The molecular formula is C28H34N6Pt. The van der Waals surface area contributed by atoms with Crippen molar-refractivity contribution in [2.75, 3.05) is 0 Å². The molecule has 35 heavy (non-hydrogen) atoms. The van der Waals surface area contributed by atoms with Crippen LogP contribution in [-0.2, 0) is 44.7 Å². The number of nitrogens with zero attached hydrogens (tertiary/aromatic N) is 6. The summed E-state index contributed by atoms with van der Waals surface area (Å²) in [5.74, 6) is 0. The van der Waals surface area contributed by atoms with E-state index in [1.165, 1.54) is 24.0 Å². The van der Waals surface area contributed by atoms with Crippen LogP contribution in [0.4, 0.5) is 0 Å². The number of hydrogen-bond donors (Lipinski definition) is 0. The van der Waals surface area contributed by atoms with Crippen LogP contribution < -0.4 is 10.2 Å². The van der Waals surface area contributed by atoms with E-state index in [4.69, 9.17) is 4.98 Å². The topological polar surface area (TPSA) is 79.8 Å². The zero-order valence-corrected chi connectivity index (χ0v) is 23.7. The van der Waals surface area contributed by atoms with Gasteiger partial charge in [0.2, 0.25) is 0 Å². The minimum Gasteiger partial charge on any atom is -0.573 e. The maximum atomic E-state index is 4.78. The fraction of sp³-hybridized carbons (Fsp3) is 0.429. The fourth-order valence-electron chi connectivity index (χ4n) is 3.98. The van der Waals surface area contributed by atoms with E-state index < -0.39 is 0 Å². The average Bonchev–Trinajstić information content (AvgIpc) is 3.48. The molecule has 0 aliphatic heterocycles. The molecule has 0 unspecified atom stereocenters. The molecule has 186 valence electrons. The summed E-state index contributed by atoms with van der Waals surface area (Å²) in [5, 5.41) is 17.4. The first-order valence-electron chi connectivity index (χ1n) is 12.0. The van der Waals surface area contributed by atoms with E-state index in [1.807, 2.05) is 36.7 Å². The van der Waals surface area contributed by atoms with E-state index in [0.717, 1.165) is 47.0 Å². The Hall–Kier alpha value is -2.59. The van der Waals surface area contributed by atoms with Gasteiger partial charge in [-0.15, -0.1) is 0 Å². The molecule has 4 heterocycles. The van der Waals surface area contributed by atoms with Crippen LogP contribution in [0.5, 0.6) is 0 Å². The maximum absolute atomic E-state index is 4.78. The molecule has 0 saturated heterocycles. The van der Waals surface area contributed by atoms with Crippen molar-refractivity contribution in [3.63, 3.8) is 0 Å². The van der Waals surface area contributed by atoms with Crippen LogP contribution in [0.2, 0.25) is 0 Å². The van der Waals surface area contributed by atoms with Gasteiger partial charge in [0, 0.05) is 29.2 Å². The molecule has 0 atom stereocenters. The van der Waals surface area contributed by atoms with Gasteiger partial charge in [-0.25, -0.2) is 0 Å². The third-order valence-corrected chi connectivity index (χ3v) is 6.10. The third-order valence-electron chi connectivity index (χ3n) is 6.10. The monoisotopic (exact) mass is 649 g/mol. The van der Waals surface area contributed by atoms with Gasteiger partial charge in [-0.3, -0.25) is 9.97 Å². The Balaban J connectivity index is 0.000000264. The molecule has 0 amide bonds. The van der Waals surface area contributed by atoms with Crippen molar-refractivity contribution < 1.29 is 21.1 Å². The molecule has 7 heteroatoms. The second-order valence-electron chi connectivity index (χ2n) is 10.9. The second-order valence-corrected chi connectivity index (χ2v) is 10.9. The van der Waals surface area contributed by atoms with E-state index in [2.05, 4.69) is 79.1 Å². The number of pyridine rings is 2. The van der Waals surface area contributed by atoms with E-state index in [-0.39, 0.29) is 31.9 Å². The first kappa shape index (κ1) is 27.0. The molecule has 4 aromatic heterocycles. The summed E-state index contributed by atoms with van der Waals surface area (Å²) in [4.78, 5) is 8.74. The Bertz CT molecular complexity index is 1230. The van der Waals surface area contributed by atoms with Crippen LogP contribution in [0, 0.1) is 0 Å². The van der Waals surface area contributed by atoms with E-state index >= 15 is 0 Å². The van der Waals surface area contributed by atoms with Crippen LogP contribution >= 0.6 is 0 Å². The molecule has 0 saturated carbocycles. The van der Waals surface area contributed by atoms with Crippen LogP contribution in [-0.4, -0.2) is 20.2 Å². The fourth-order valence-corrected chi connectivity index (χ4v) is 3.98. The Morgan fingerprint density at radius 1 is 0.771 bits per heavy atom. The Morgan fingerprint density at radius 2 is 1.46 bits per heavy atom. The normalized spacial score (nSPS) is 13.3. The predicted octanol–water partition coefficient (Wildman–Crippen LogP) is 5.67. The largest absolute Gasteiger partial charge is 2.00 e. The minimum atomic E-state index is -0.0148. The zero-order valence-electron chi connectivity index (χ0n) is 21.4. The van der Waals surface area contributed by atoms with Crippen LogP contribution in [0.1, 0.15) is 76.9 Å². The van der Waals surface area contributed by atoms with Gasteiger partial charge in [0.15, 0.2) is 0 Å². The summed E-state index contributed by atoms with van der Waals surface area (Å²) in [7, 11) is 0. The Labute approximate surface area is 223 Å². The zero-order chi connectivity index (χ0) is 24.3. The van der Waals surface area contributed by atoms with Gasteiger partial charge >= 0.3 is 21.1 Å². The van der Waals surface area contributed by atoms with Crippen molar-refractivity contribution in [1.29, 1.82) is 0 Å². The summed E-state index contributed by atoms with van der Waals surface area (Å²) < 4.78 is 0. The molecular weight excluding hydrogens is 615 g/mol. The van der Waals surface area contributed by atoms with E-state index in [9.17, 15) is 0 Å². The van der Waals surface area contributed by atoms with Crippen LogP contribution in [0.25, 0.3) is 22.8 Å². The summed E-state index contributed by atoms with van der Waals surface area (Å²) in [6, 6.07) is 12.1. The first-order chi connectivity index (χ1) is 16.1. The van der Waals surface area contributed by atoms with Gasteiger partial charge in [0.05, 0.1) is 11.4 Å². The molecule has 0 spiro atoms. The average molecular weight is 650 g/mol. The molecule has 1 aliphatic rings. The number of rotatable bonds is 2. The van der Waals surface area contributed by atoms with Crippen molar-refractivity contribution >= 4 is 0 Å². The summed E-state index contributed by atoms with van der Waals surface area (Å²) in [6.07, 6.45) is 8.16. The summed E-state index contributed by atoms with van der Waals surface area (Å²) in [5.41, 5.74) is 8.44. The Morgan fingerprint density at radius 3 is 2.09 bits per heavy atom. The SMILES string of the molecule is CC(C)(C)c1cc(-c2cccc(-c3[n-]nc4c3CCCC4)n2)[n-]n1.CC(C)(C)c1ccncc1.[Pt+2]. The predicted molar refractivity (Wildman–Crippen MR) is 136 cm³/mol. The maximum Gasteiger partial charge on any atom is 2.00 e. The molecule has 0 fully saturated rings. The van der Waals surface area contributed by atoms with E-state index in [1.54, 1.807) is 0 Å². The minimum absolute atomic E-state index is 0. The molecule has 1 aliphatic carbocycles. The molecule has 0 bridgehead atoms. The van der Waals surface area contributed by atoms with Gasteiger partial charge in [0.25, 0.3) is 0 Å². The van der Waals surface area contributed by atoms with Crippen LogP contribution in [0.3, 0.4) is 0 Å². The van der Waals surface area contributed by atoms with Gasteiger partial charge in [-0.05, 0) is 66.5 Å². The van der Waals surface area contributed by atoms with Crippen molar-refractivity contribution in [2.24, 2.45) is 0 Å². The third kappa shape index (κ3) is 6.55. The number of hydrogen-bond acceptors (Lipinski definition) is 4. The first-order valence-corrected chi connectivity index (χ1v) is 12.0. The second kappa shape index (κ2) is 11.0. The Kier molecular flexibility index (Phi) is 8.48. The number of fused-ring (bicyclic) bond motifs is 1. The molecule has 0 aromatic carbocycles. The van der Waals surface area contributed by atoms with Gasteiger partial charge in [0.1, 0.15) is 0 Å². The van der Waals surface area contributed by atoms with Gasteiger partial charge in [-0.1, -0.05) is 65.1 Å². The number of aryl methyl sites for hydroxylation is 1. The van der Waals surface area contributed by atoms with E-state index in [0.29, 0.717) is 0 Å². The number of aromatic nitrogens is 6. The smallest absolute Gasteiger partial charge is 0.573 e. The molecule has 4 aromatic rings. The molecule has 0 radical (unpaired) electrons. The standard InChI is InChI=1S/C19H21N5.C9H13N.Pt/c1-19(2,3)17-11-16(22-23-17)14-9-6-10-15(20-14)18-12-7-4-5-8-13(12)21-24-18;1-9(2,3)8-4-6-10-7-5-8;/h6,9-11H,4-5,7-8H2,1-3H3;4-7H,1-3H3;/q-2;;+2.